The molecule has 0 aliphatic carbocycles. The molecule has 0 saturated carbocycles. The highest BCUT2D eigenvalue weighted by molar-refractivity contribution is 7.14. The van der Waals surface area contributed by atoms with Crippen LogP contribution in [0.2, 0.25) is 5.02 Å². The van der Waals surface area contributed by atoms with Crippen molar-refractivity contribution in [3.05, 3.63) is 63.9 Å². The zero-order chi connectivity index (χ0) is 21.4. The van der Waals surface area contributed by atoms with Crippen molar-refractivity contribution >= 4 is 51.3 Å². The number of hydrogen-bond acceptors (Lipinski definition) is 7. The van der Waals surface area contributed by atoms with Crippen LogP contribution in [0.25, 0.3) is 0 Å². The Morgan fingerprint density at radius 2 is 2.06 bits per heavy atom. The van der Waals surface area contributed by atoms with Crippen LogP contribution in [-0.2, 0) is 6.54 Å². The number of thiazole rings is 1. The fraction of sp³-hybridized carbons (Fsp3) is 0.238. The van der Waals surface area contributed by atoms with Crippen LogP contribution >= 0.6 is 22.9 Å². The van der Waals surface area contributed by atoms with Gasteiger partial charge in [0.2, 0.25) is 0 Å². The SMILES string of the molecule is O=C(Nc1cnccc1N1CCNCC1)c1csc(N2Cc3c(Cl)cccc3C2=O)n1. The summed E-state index contributed by atoms with van der Waals surface area (Å²) < 4.78 is 0. The first-order chi connectivity index (χ1) is 15.1. The van der Waals surface area contributed by atoms with Gasteiger partial charge in [-0.3, -0.25) is 19.5 Å². The Balaban J connectivity index is 1.34. The Kier molecular flexibility index (Phi) is 5.31. The van der Waals surface area contributed by atoms with Crippen molar-refractivity contribution in [2.75, 3.05) is 41.3 Å². The number of amides is 2. The van der Waals surface area contributed by atoms with Gasteiger partial charge in [-0.2, -0.15) is 0 Å². The van der Waals surface area contributed by atoms with Crippen molar-refractivity contribution in [2.24, 2.45) is 0 Å². The third-order valence-corrected chi connectivity index (χ3v) is 6.59. The highest BCUT2D eigenvalue weighted by Crippen LogP contribution is 2.34. The summed E-state index contributed by atoms with van der Waals surface area (Å²) in [5.74, 6) is -0.499. The second kappa shape index (κ2) is 8.26. The number of rotatable bonds is 4. The molecule has 2 aliphatic heterocycles. The van der Waals surface area contributed by atoms with E-state index in [-0.39, 0.29) is 17.5 Å². The van der Waals surface area contributed by atoms with E-state index in [0.717, 1.165) is 37.4 Å². The number of anilines is 3. The largest absolute Gasteiger partial charge is 0.367 e. The lowest BCUT2D eigenvalue weighted by atomic mass is 10.1. The highest BCUT2D eigenvalue weighted by Gasteiger charge is 2.32. The number of pyridine rings is 1. The summed E-state index contributed by atoms with van der Waals surface area (Å²) >= 11 is 7.49. The first kappa shape index (κ1) is 19.9. The van der Waals surface area contributed by atoms with Crippen LogP contribution < -0.4 is 20.4 Å². The highest BCUT2D eigenvalue weighted by atomic mass is 35.5. The van der Waals surface area contributed by atoms with Crippen LogP contribution in [0.4, 0.5) is 16.5 Å². The van der Waals surface area contributed by atoms with Gasteiger partial charge in [-0.15, -0.1) is 11.3 Å². The van der Waals surface area contributed by atoms with Gasteiger partial charge in [0.25, 0.3) is 11.8 Å². The molecule has 0 radical (unpaired) electrons. The molecule has 31 heavy (non-hydrogen) atoms. The van der Waals surface area contributed by atoms with E-state index >= 15 is 0 Å². The van der Waals surface area contributed by atoms with E-state index in [0.29, 0.717) is 27.9 Å². The minimum absolute atomic E-state index is 0.160. The van der Waals surface area contributed by atoms with Crippen LogP contribution in [0.5, 0.6) is 0 Å². The number of benzene rings is 1. The lowest BCUT2D eigenvalue weighted by Crippen LogP contribution is -2.43. The molecule has 2 aromatic heterocycles. The molecule has 158 valence electrons. The molecule has 8 nitrogen and oxygen atoms in total. The topological polar surface area (TPSA) is 90.5 Å². The number of hydrogen-bond donors (Lipinski definition) is 2. The summed E-state index contributed by atoms with van der Waals surface area (Å²) in [4.78, 5) is 38.0. The van der Waals surface area contributed by atoms with Gasteiger partial charge in [0.05, 0.1) is 24.1 Å². The molecular weight excluding hydrogens is 436 g/mol. The van der Waals surface area contributed by atoms with E-state index < -0.39 is 0 Å². The van der Waals surface area contributed by atoms with Crippen LogP contribution in [-0.4, -0.2) is 48.0 Å². The Hall–Kier alpha value is -3.01. The molecule has 0 unspecified atom stereocenters. The van der Waals surface area contributed by atoms with Gasteiger partial charge in [-0.25, -0.2) is 4.98 Å². The number of nitrogens with zero attached hydrogens (tertiary/aromatic N) is 4. The second-order valence-electron chi connectivity index (χ2n) is 7.26. The third kappa shape index (κ3) is 3.76. The fourth-order valence-corrected chi connectivity index (χ4v) is 4.83. The van der Waals surface area contributed by atoms with Crippen LogP contribution in [0.3, 0.4) is 0 Å². The maximum Gasteiger partial charge on any atom is 0.275 e. The Labute approximate surface area is 187 Å². The van der Waals surface area contributed by atoms with Crippen LogP contribution in [0, 0.1) is 0 Å². The first-order valence-corrected chi connectivity index (χ1v) is 11.1. The number of aromatic nitrogens is 2. The minimum atomic E-state index is -0.339. The van der Waals surface area contributed by atoms with Gasteiger partial charge in [-0.1, -0.05) is 17.7 Å². The number of piperazine rings is 1. The fourth-order valence-electron chi connectivity index (χ4n) is 3.79. The molecule has 0 atom stereocenters. The molecule has 1 fully saturated rings. The van der Waals surface area contributed by atoms with Crippen molar-refractivity contribution in [2.45, 2.75) is 6.54 Å². The number of carbonyl (C=O) groups is 2. The third-order valence-electron chi connectivity index (χ3n) is 5.37. The summed E-state index contributed by atoms with van der Waals surface area (Å²) in [6, 6.07) is 7.18. The summed E-state index contributed by atoms with van der Waals surface area (Å²) in [7, 11) is 0. The average molecular weight is 455 g/mol. The van der Waals surface area contributed by atoms with E-state index in [1.807, 2.05) is 6.07 Å². The van der Waals surface area contributed by atoms with Gasteiger partial charge < -0.3 is 15.5 Å². The quantitative estimate of drug-likeness (QED) is 0.629. The molecule has 0 bridgehead atoms. The van der Waals surface area contributed by atoms with Crippen molar-refractivity contribution in [1.29, 1.82) is 0 Å². The van der Waals surface area contributed by atoms with Crippen molar-refractivity contribution in [3.63, 3.8) is 0 Å². The monoisotopic (exact) mass is 454 g/mol. The number of carbonyl (C=O) groups excluding carboxylic acids is 2. The molecular formula is C21H19ClN6O2S. The zero-order valence-electron chi connectivity index (χ0n) is 16.5. The van der Waals surface area contributed by atoms with E-state index in [9.17, 15) is 9.59 Å². The molecule has 2 amide bonds. The summed E-state index contributed by atoms with van der Waals surface area (Å²) in [6.07, 6.45) is 3.36. The van der Waals surface area contributed by atoms with Gasteiger partial charge in [0, 0.05) is 53.9 Å². The number of fused-ring (bicyclic) bond motifs is 1. The smallest absolute Gasteiger partial charge is 0.275 e. The molecule has 10 heteroatoms. The van der Waals surface area contributed by atoms with Crippen molar-refractivity contribution in [1.82, 2.24) is 15.3 Å². The Morgan fingerprint density at radius 1 is 1.23 bits per heavy atom. The maximum absolute atomic E-state index is 12.9. The lowest BCUT2D eigenvalue weighted by Gasteiger charge is -2.30. The maximum atomic E-state index is 12.9. The molecule has 3 aromatic rings. The van der Waals surface area contributed by atoms with E-state index in [2.05, 4.69) is 25.5 Å². The van der Waals surface area contributed by atoms with Crippen LogP contribution in [0.15, 0.2) is 42.0 Å². The number of nitrogens with one attached hydrogen (secondary N) is 2. The Bertz CT molecular complexity index is 1160. The first-order valence-electron chi connectivity index (χ1n) is 9.87. The summed E-state index contributed by atoms with van der Waals surface area (Å²) in [5, 5.41) is 8.92. The van der Waals surface area contributed by atoms with Gasteiger partial charge in [-0.05, 0) is 18.2 Å². The number of halogens is 1. The second-order valence-corrected chi connectivity index (χ2v) is 8.50. The Morgan fingerprint density at radius 3 is 2.87 bits per heavy atom. The molecule has 1 saturated heterocycles. The standard InChI is InChI=1S/C21H19ClN6O2S/c22-15-3-1-2-13-14(15)11-28(20(13)30)21-26-17(12-31-21)19(29)25-16-10-24-5-4-18(16)27-8-6-23-7-9-27/h1-5,10,12,23H,6-9,11H2,(H,25,29). The van der Waals surface area contributed by atoms with Gasteiger partial charge >= 0.3 is 0 Å². The zero-order valence-corrected chi connectivity index (χ0v) is 18.0. The van der Waals surface area contributed by atoms with Crippen molar-refractivity contribution < 1.29 is 9.59 Å². The van der Waals surface area contributed by atoms with Crippen molar-refractivity contribution in [3.8, 4) is 0 Å². The summed E-state index contributed by atoms with van der Waals surface area (Å²) in [6.45, 7) is 3.84. The molecule has 4 heterocycles. The minimum Gasteiger partial charge on any atom is -0.367 e. The molecule has 2 N–H and O–H groups in total. The van der Waals surface area contributed by atoms with E-state index in [4.69, 9.17) is 11.6 Å². The predicted molar refractivity (Wildman–Crippen MR) is 121 cm³/mol. The van der Waals surface area contributed by atoms with Crippen LogP contribution in [0.1, 0.15) is 26.4 Å². The predicted octanol–water partition coefficient (Wildman–Crippen LogP) is 3.01. The lowest BCUT2D eigenvalue weighted by molar-refractivity contribution is 0.0991. The average Bonchev–Trinajstić information content (AvgIpc) is 3.41. The van der Waals surface area contributed by atoms with Gasteiger partial charge in [0.15, 0.2) is 5.13 Å². The normalized spacial score (nSPS) is 15.8. The van der Waals surface area contributed by atoms with E-state index in [1.54, 1.807) is 40.9 Å². The molecule has 0 spiro atoms. The van der Waals surface area contributed by atoms with E-state index in [1.165, 1.54) is 11.3 Å². The summed E-state index contributed by atoms with van der Waals surface area (Å²) in [5.41, 5.74) is 3.18. The van der Waals surface area contributed by atoms with Gasteiger partial charge in [0.1, 0.15) is 5.69 Å². The molecule has 2 aliphatic rings. The molecule has 1 aromatic carbocycles. The molecule has 5 rings (SSSR count).